The number of hydrogen-bond donors (Lipinski definition) is 2. The van der Waals surface area contributed by atoms with Gasteiger partial charge in [0.2, 0.25) is 17.7 Å². The SMILES string of the molecule is Cc1ccc(N2C(=O)C3Sc4c(sc(=O)n4CC(=O)Nc4ccc(O)cc4)[C@H](c4ccco4)C3C2=O)cc1. The van der Waals surface area contributed by atoms with Gasteiger partial charge in [0, 0.05) is 5.69 Å². The number of thioether (sulfide) groups is 1. The zero-order chi connectivity index (χ0) is 26.6. The number of thiazole rings is 1. The highest BCUT2D eigenvalue weighted by atomic mass is 32.2. The average Bonchev–Trinajstić information content (AvgIpc) is 3.59. The van der Waals surface area contributed by atoms with Gasteiger partial charge in [0.25, 0.3) is 0 Å². The Hall–Kier alpha value is -4.09. The first-order valence-electron chi connectivity index (χ1n) is 11.8. The van der Waals surface area contributed by atoms with Crippen LogP contribution in [0.2, 0.25) is 0 Å². The number of nitrogens with one attached hydrogen (secondary N) is 1. The van der Waals surface area contributed by atoms with E-state index in [-0.39, 0.29) is 29.0 Å². The minimum atomic E-state index is -0.785. The lowest BCUT2D eigenvalue weighted by Crippen LogP contribution is -2.32. The molecule has 2 unspecified atom stereocenters. The predicted molar refractivity (Wildman–Crippen MR) is 143 cm³/mol. The first-order valence-corrected chi connectivity index (χ1v) is 13.5. The third kappa shape index (κ3) is 4.04. The van der Waals surface area contributed by atoms with Gasteiger partial charge in [-0.25, -0.2) is 4.90 Å². The Balaban J connectivity index is 1.38. The minimum absolute atomic E-state index is 0.0662. The fraction of sp³-hybridized carbons (Fsp3) is 0.185. The van der Waals surface area contributed by atoms with Crippen LogP contribution in [0.5, 0.6) is 5.75 Å². The third-order valence-electron chi connectivity index (χ3n) is 6.64. The van der Waals surface area contributed by atoms with Gasteiger partial charge >= 0.3 is 4.87 Å². The normalized spacial score (nSPS) is 20.3. The summed E-state index contributed by atoms with van der Waals surface area (Å²) < 4.78 is 7.05. The predicted octanol–water partition coefficient (Wildman–Crippen LogP) is 3.95. The molecule has 0 spiro atoms. The molecule has 1 saturated heterocycles. The van der Waals surface area contributed by atoms with Crippen LogP contribution < -0.4 is 15.1 Å². The maximum Gasteiger partial charge on any atom is 0.308 e. The van der Waals surface area contributed by atoms with E-state index in [9.17, 15) is 24.3 Å². The summed E-state index contributed by atoms with van der Waals surface area (Å²) in [7, 11) is 0. The molecule has 2 aliphatic rings. The van der Waals surface area contributed by atoms with Crippen molar-refractivity contribution in [3.63, 3.8) is 0 Å². The summed E-state index contributed by atoms with van der Waals surface area (Å²) in [4.78, 5) is 54.8. The Morgan fingerprint density at radius 1 is 1.03 bits per heavy atom. The molecule has 2 aromatic heterocycles. The van der Waals surface area contributed by atoms with Crippen LogP contribution in [0.25, 0.3) is 0 Å². The Kier molecular flexibility index (Phi) is 5.96. The van der Waals surface area contributed by atoms with Crippen molar-refractivity contribution in [1.82, 2.24) is 4.57 Å². The van der Waals surface area contributed by atoms with Crippen molar-refractivity contribution >= 4 is 52.2 Å². The summed E-state index contributed by atoms with van der Waals surface area (Å²) in [5.41, 5.74) is 1.97. The van der Waals surface area contributed by atoms with Gasteiger partial charge < -0.3 is 14.8 Å². The molecule has 192 valence electrons. The molecule has 38 heavy (non-hydrogen) atoms. The van der Waals surface area contributed by atoms with Crippen molar-refractivity contribution in [2.75, 3.05) is 10.2 Å². The lowest BCUT2D eigenvalue weighted by molar-refractivity contribution is -0.122. The quantitative estimate of drug-likeness (QED) is 0.287. The number of carbonyl (C=O) groups is 3. The molecule has 2 aliphatic heterocycles. The standard InChI is InChI=1S/C27H21N3O6S2/c1-14-4-8-16(9-5-14)30-24(33)21-20(18-3-2-12-36-18)23-26(37-22(21)25(30)34)29(27(35)38-23)13-19(32)28-15-6-10-17(31)11-7-15/h2-12,20-22,31H,13H2,1H3,(H,28,32)/t20-,21?,22?/m1/s1. The molecule has 9 nitrogen and oxygen atoms in total. The van der Waals surface area contributed by atoms with E-state index in [4.69, 9.17) is 4.42 Å². The summed E-state index contributed by atoms with van der Waals surface area (Å²) in [6.45, 7) is 1.65. The number of benzene rings is 2. The van der Waals surface area contributed by atoms with Crippen molar-refractivity contribution in [3.8, 4) is 5.75 Å². The van der Waals surface area contributed by atoms with Crippen LogP contribution in [-0.2, 0) is 20.9 Å². The van der Waals surface area contributed by atoms with Gasteiger partial charge in [0.1, 0.15) is 23.3 Å². The van der Waals surface area contributed by atoms with Crippen LogP contribution in [0, 0.1) is 12.8 Å². The number of fused-ring (bicyclic) bond motifs is 2. The van der Waals surface area contributed by atoms with E-state index in [1.54, 1.807) is 36.4 Å². The second-order valence-corrected chi connectivity index (χ2v) is 11.2. The number of aryl methyl sites for hydroxylation is 1. The molecule has 4 heterocycles. The Labute approximate surface area is 224 Å². The van der Waals surface area contributed by atoms with Crippen LogP contribution >= 0.6 is 23.1 Å². The van der Waals surface area contributed by atoms with Gasteiger partial charge in [-0.3, -0.25) is 23.7 Å². The Morgan fingerprint density at radius 2 is 1.76 bits per heavy atom. The van der Waals surface area contributed by atoms with Crippen LogP contribution in [0.4, 0.5) is 11.4 Å². The zero-order valence-corrected chi connectivity index (χ0v) is 21.6. The summed E-state index contributed by atoms with van der Waals surface area (Å²) >= 11 is 2.10. The molecule has 0 radical (unpaired) electrons. The monoisotopic (exact) mass is 547 g/mol. The molecule has 2 N–H and O–H groups in total. The number of furan rings is 1. The van der Waals surface area contributed by atoms with Gasteiger partial charge in [-0.1, -0.05) is 40.8 Å². The van der Waals surface area contributed by atoms with Crippen molar-refractivity contribution in [3.05, 3.63) is 92.8 Å². The van der Waals surface area contributed by atoms with Crippen molar-refractivity contribution in [1.29, 1.82) is 0 Å². The molecule has 0 saturated carbocycles. The number of phenols is 1. The number of imide groups is 1. The lowest BCUT2D eigenvalue weighted by atomic mass is 9.87. The van der Waals surface area contributed by atoms with Crippen LogP contribution in [0.1, 0.15) is 22.1 Å². The van der Waals surface area contributed by atoms with E-state index in [2.05, 4.69) is 5.32 Å². The number of amides is 3. The van der Waals surface area contributed by atoms with E-state index in [0.717, 1.165) is 28.7 Å². The fourth-order valence-electron chi connectivity index (χ4n) is 4.87. The van der Waals surface area contributed by atoms with Gasteiger partial charge in [0.05, 0.1) is 33.7 Å². The molecule has 1 fully saturated rings. The highest BCUT2D eigenvalue weighted by molar-refractivity contribution is 8.00. The van der Waals surface area contributed by atoms with Gasteiger partial charge in [0.15, 0.2) is 0 Å². The smallest absolute Gasteiger partial charge is 0.308 e. The molecule has 6 rings (SSSR count). The first kappa shape index (κ1) is 24.3. The molecule has 2 aromatic carbocycles. The second kappa shape index (κ2) is 9.34. The largest absolute Gasteiger partial charge is 0.508 e. The number of rotatable bonds is 5. The maximum atomic E-state index is 13.7. The lowest BCUT2D eigenvalue weighted by Gasteiger charge is -2.29. The average molecular weight is 548 g/mol. The number of phenolic OH excluding ortho intramolecular Hbond substituents is 1. The molecule has 11 heteroatoms. The van der Waals surface area contributed by atoms with Crippen molar-refractivity contribution in [2.45, 2.75) is 29.7 Å². The fourth-order valence-corrected chi connectivity index (χ4v) is 7.62. The maximum absolute atomic E-state index is 13.7. The van der Waals surface area contributed by atoms with E-state index in [1.807, 2.05) is 19.1 Å². The van der Waals surface area contributed by atoms with Crippen LogP contribution in [0.3, 0.4) is 0 Å². The van der Waals surface area contributed by atoms with E-state index < -0.39 is 23.0 Å². The van der Waals surface area contributed by atoms with Gasteiger partial charge in [-0.2, -0.15) is 0 Å². The highest BCUT2D eigenvalue weighted by Gasteiger charge is 2.57. The van der Waals surface area contributed by atoms with E-state index in [0.29, 0.717) is 27.0 Å². The van der Waals surface area contributed by atoms with Crippen LogP contribution in [-0.4, -0.2) is 32.6 Å². The van der Waals surface area contributed by atoms with E-state index in [1.165, 1.54) is 27.9 Å². The first-order chi connectivity index (χ1) is 18.3. The molecule has 0 bridgehead atoms. The molecular weight excluding hydrogens is 526 g/mol. The molecular formula is C27H21N3O6S2. The zero-order valence-electron chi connectivity index (χ0n) is 20.0. The number of anilines is 2. The van der Waals surface area contributed by atoms with Gasteiger partial charge in [-0.05, 0) is 55.5 Å². The molecule has 3 atom stereocenters. The second-order valence-electron chi connectivity index (χ2n) is 9.12. The summed E-state index contributed by atoms with van der Waals surface area (Å²) in [5.74, 6) is -2.00. The summed E-state index contributed by atoms with van der Waals surface area (Å²) in [6.07, 6.45) is 1.50. The number of nitrogens with zero attached hydrogens (tertiary/aromatic N) is 2. The number of aromatic nitrogens is 1. The third-order valence-corrected chi connectivity index (χ3v) is 9.25. The number of aromatic hydroxyl groups is 1. The van der Waals surface area contributed by atoms with Crippen LogP contribution in [0.15, 0.2) is 81.2 Å². The molecule has 4 aromatic rings. The summed E-state index contributed by atoms with van der Waals surface area (Å²) in [5, 5.41) is 11.9. The van der Waals surface area contributed by atoms with Gasteiger partial charge in [-0.15, -0.1) is 0 Å². The van der Waals surface area contributed by atoms with Crippen molar-refractivity contribution in [2.24, 2.45) is 5.92 Å². The molecule has 0 aliphatic carbocycles. The topological polar surface area (TPSA) is 122 Å². The van der Waals surface area contributed by atoms with Crippen molar-refractivity contribution < 1.29 is 23.9 Å². The minimum Gasteiger partial charge on any atom is -0.508 e. The Morgan fingerprint density at radius 3 is 2.45 bits per heavy atom. The Bertz CT molecular complexity index is 1610. The number of carbonyl (C=O) groups excluding carboxylic acids is 3. The number of hydrogen-bond acceptors (Lipinski definition) is 8. The highest BCUT2D eigenvalue weighted by Crippen LogP contribution is 2.53. The molecule has 3 amide bonds. The summed E-state index contributed by atoms with van der Waals surface area (Å²) in [6, 6.07) is 16.6. The van der Waals surface area contributed by atoms with E-state index >= 15 is 0 Å².